The van der Waals surface area contributed by atoms with Crippen LogP contribution in [0.4, 0.5) is 34.9 Å². The van der Waals surface area contributed by atoms with Gasteiger partial charge in [0.25, 0.3) is 0 Å². The van der Waals surface area contributed by atoms with Gasteiger partial charge in [0.2, 0.25) is 0 Å². The van der Waals surface area contributed by atoms with Crippen LogP contribution in [0.2, 0.25) is 0 Å². The predicted molar refractivity (Wildman–Crippen MR) is 537 cm³/mol. The molecule has 0 aromatic carbocycles. The maximum atomic E-state index is 6.32. The SMILES string of the molecule is Cn1cc(-c2cnn3c(N)c(Br)c([C@@H]4CC[C@@H](N)C4)nc23)cn1.Cn1cc(-c2cnn3c(N)c(Br)c([C@@H]4CC[C@H](N)C4)nc23)cn1.Cn1cc(-c2cnn3c(N)c(Br)c([C@H]4CCC[C@@H](N)C4)nc23)cn1.Cn1cc(-c2cnn3c(N)cc([C@@H]4CC[C@@H](N)C4)nc23)cn1.Cn1cc(-c2cnn3c(N)cc([C@@H]4CC[C@H](N)C4)nc23)cn1.Cn1cc(-c2cnn3c(N)cc([C@H]4CCC[C@@H](N)C4)nc23)cn1. The molecule has 24 N–H and O–H groups in total. The topological polar surface area (TPSA) is 600 Å². The Morgan fingerprint density at radius 2 is 0.445 bits per heavy atom. The molecule has 0 spiro atoms. The Morgan fingerprint density at radius 3 is 0.664 bits per heavy atom. The zero-order chi connectivity index (χ0) is 95.6. The number of halogens is 3. The van der Waals surface area contributed by atoms with E-state index in [2.05, 4.69) is 109 Å². The minimum Gasteiger partial charge on any atom is -0.384 e. The Labute approximate surface area is 812 Å². The van der Waals surface area contributed by atoms with Crippen LogP contribution in [0.3, 0.4) is 0 Å². The van der Waals surface area contributed by atoms with E-state index in [1.807, 2.05) is 135 Å². The van der Waals surface area contributed by atoms with Crippen LogP contribution in [0, 0.1) is 0 Å². The van der Waals surface area contributed by atoms with E-state index in [1.54, 1.807) is 92.4 Å². The molecule has 24 rings (SSSR count). The molecule has 0 radical (unpaired) electrons. The molecule has 42 nitrogen and oxygen atoms in total. The maximum Gasteiger partial charge on any atom is 0.165 e. The molecule has 6 aliphatic carbocycles. The molecule has 714 valence electrons. The largest absolute Gasteiger partial charge is 0.384 e. The van der Waals surface area contributed by atoms with Crippen LogP contribution < -0.4 is 68.8 Å². The minimum atomic E-state index is 0.234. The average molecular weight is 2050 g/mol. The second kappa shape index (κ2) is 38.9. The lowest BCUT2D eigenvalue weighted by Gasteiger charge is -2.27. The molecule has 0 aliphatic heterocycles. The standard InChI is InChI=1S/C16H20BrN7.C16H21N7.2C15H18BrN7.2C15H19N7/c1-23-8-10(6-20-23)12-7-21-24-15(19)13(17)14(22-16(12)24)9-3-2-4-11(18)5-9;1-22-9-11(7-19-22)13-8-20-23-15(18)6-14(21-16(13)23)10-3-2-4-12(17)5-10;2*1-22-7-9(5-19-22)11-6-20-23-14(18)12(16)13(21-15(11)23)8-2-3-10(17)4-8;2*1-21-8-10(6-18-21)12-7-19-22-14(17)5-13(20-15(12)22)9-2-3-11(16)4-9/h6-9,11H,2-5,18-19H2,1H3;6-10,12H,2-5,17-18H2,1H3;2*5-8,10H,2-4,17-18H2,1H3;2*5-9,11H,2-4,16-17H2,1H3/t9-,11+;10-,12+;8-,10+;8-,10-;9-,11+;9-,11-/m001111/s1. The molecule has 45 heteroatoms. The highest BCUT2D eigenvalue weighted by molar-refractivity contribution is 9.11. The lowest BCUT2D eigenvalue weighted by molar-refractivity contribution is 0.387. The smallest absolute Gasteiger partial charge is 0.165 e. The highest BCUT2D eigenvalue weighted by atomic mass is 79.9. The molecule has 6 saturated carbocycles. The van der Waals surface area contributed by atoms with Crippen LogP contribution >= 0.6 is 47.8 Å². The van der Waals surface area contributed by atoms with E-state index in [9.17, 15) is 0 Å². The first-order chi connectivity index (χ1) is 66.0. The van der Waals surface area contributed by atoms with Crippen molar-refractivity contribution in [2.24, 2.45) is 76.7 Å². The fourth-order valence-corrected chi connectivity index (χ4v) is 21.9. The first-order valence-electron chi connectivity index (χ1n) is 46.4. The van der Waals surface area contributed by atoms with Gasteiger partial charge in [0.1, 0.15) is 34.9 Å². The Bertz CT molecular complexity index is 7120. The zero-order valence-corrected chi connectivity index (χ0v) is 81.9. The number of hydrogen-bond acceptors (Lipinski definition) is 30. The molecule has 0 saturated heterocycles. The highest BCUT2D eigenvalue weighted by Gasteiger charge is 2.35. The Kier molecular flexibility index (Phi) is 26.4. The Hall–Kier alpha value is -13.0. The summed E-state index contributed by atoms with van der Waals surface area (Å²) in [6.07, 6.45) is 54.1. The summed E-state index contributed by atoms with van der Waals surface area (Å²) in [6.45, 7) is 0. The summed E-state index contributed by atoms with van der Waals surface area (Å²) in [5.41, 5.74) is 96.1. The van der Waals surface area contributed by atoms with Gasteiger partial charge in [-0.1, -0.05) is 12.8 Å². The quantitative estimate of drug-likeness (QED) is 0.0540. The molecule has 12 atom stereocenters. The van der Waals surface area contributed by atoms with Crippen LogP contribution in [0.15, 0.2) is 143 Å². The molecular weight excluding hydrogens is 1930 g/mol. The van der Waals surface area contributed by atoms with Crippen molar-refractivity contribution < 1.29 is 0 Å². The summed E-state index contributed by atoms with van der Waals surface area (Å²) in [5.74, 6) is 5.69. The third kappa shape index (κ3) is 19.1. The van der Waals surface area contributed by atoms with Crippen LogP contribution in [0.25, 0.3) is 101 Å². The number of aromatic nitrogens is 30. The van der Waals surface area contributed by atoms with E-state index < -0.39 is 0 Å². The van der Waals surface area contributed by atoms with Crippen LogP contribution in [0.1, 0.15) is 198 Å². The number of rotatable bonds is 12. The van der Waals surface area contributed by atoms with Crippen molar-refractivity contribution in [3.63, 3.8) is 0 Å². The Morgan fingerprint density at radius 1 is 0.241 bits per heavy atom. The molecule has 6 aliphatic rings. The van der Waals surface area contributed by atoms with Crippen molar-refractivity contribution in [2.75, 3.05) is 34.4 Å². The molecular formula is C92H115Br3N42. The molecule has 137 heavy (non-hydrogen) atoms. The molecule has 0 bridgehead atoms. The number of nitrogen functional groups attached to an aromatic ring is 6. The molecule has 18 aromatic heterocycles. The van der Waals surface area contributed by atoms with Crippen molar-refractivity contribution in [1.82, 2.24) is 146 Å². The third-order valence-corrected chi connectivity index (χ3v) is 29.8. The van der Waals surface area contributed by atoms with E-state index in [1.165, 1.54) is 0 Å². The van der Waals surface area contributed by atoms with Crippen molar-refractivity contribution in [2.45, 2.75) is 200 Å². The molecule has 0 unspecified atom stereocenters. The van der Waals surface area contributed by atoms with E-state index in [-0.39, 0.29) is 36.3 Å². The van der Waals surface area contributed by atoms with Gasteiger partial charge in [0, 0.05) is 253 Å². The lowest BCUT2D eigenvalue weighted by Crippen LogP contribution is -2.27. The molecule has 6 fully saturated rings. The number of nitrogens with zero attached hydrogens (tertiary/aromatic N) is 30. The summed E-state index contributed by atoms with van der Waals surface area (Å²) in [6, 6.07) is 7.32. The minimum absolute atomic E-state index is 0.234. The van der Waals surface area contributed by atoms with Crippen molar-refractivity contribution >= 4 is 117 Å². The normalized spacial score (nSPS) is 21.6. The van der Waals surface area contributed by atoms with Gasteiger partial charge in [0.15, 0.2) is 33.9 Å². The van der Waals surface area contributed by atoms with E-state index in [0.29, 0.717) is 70.4 Å². The van der Waals surface area contributed by atoms with Gasteiger partial charge in [-0.3, -0.25) is 28.1 Å². The average Bonchev–Trinajstić information content (AvgIpc) is 1.61. The summed E-state index contributed by atoms with van der Waals surface area (Å²) in [5, 5.41) is 51.6. The number of hydrogen-bond donors (Lipinski definition) is 12. The maximum absolute atomic E-state index is 6.32. The van der Waals surface area contributed by atoms with Gasteiger partial charge in [-0.15, -0.1) is 0 Å². The zero-order valence-electron chi connectivity index (χ0n) is 77.2. The second-order valence-electron chi connectivity index (χ2n) is 37.4. The first kappa shape index (κ1) is 93.0. The third-order valence-electron chi connectivity index (χ3n) is 27.3. The first-order valence-corrected chi connectivity index (χ1v) is 48.7. The highest BCUT2D eigenvalue weighted by Crippen LogP contribution is 2.46. The van der Waals surface area contributed by atoms with Crippen LogP contribution in [-0.2, 0) is 42.3 Å². The van der Waals surface area contributed by atoms with Gasteiger partial charge in [0.05, 0.1) is 105 Å². The van der Waals surface area contributed by atoms with Gasteiger partial charge < -0.3 is 68.8 Å². The van der Waals surface area contributed by atoms with Crippen LogP contribution in [-0.4, -0.2) is 183 Å². The molecule has 18 aromatic rings. The van der Waals surface area contributed by atoms with Crippen molar-refractivity contribution in [3.05, 3.63) is 177 Å². The summed E-state index contributed by atoms with van der Waals surface area (Å²) < 4.78 is 23.1. The molecule has 0 amide bonds. The monoisotopic (exact) mass is 2040 g/mol. The summed E-state index contributed by atoms with van der Waals surface area (Å²) >= 11 is 10.8. The number of fused-ring (bicyclic) bond motifs is 6. The predicted octanol–water partition coefficient (Wildman–Crippen LogP) is 10.9. The van der Waals surface area contributed by atoms with Gasteiger partial charge in [-0.2, -0.15) is 88.3 Å². The number of aryl methyl sites for hydroxylation is 6. The van der Waals surface area contributed by atoms with Gasteiger partial charge >= 0.3 is 0 Å². The van der Waals surface area contributed by atoms with Crippen LogP contribution in [0.5, 0.6) is 0 Å². The van der Waals surface area contributed by atoms with E-state index in [0.717, 1.165) is 277 Å². The fraction of sp³-hybridized carbons (Fsp3) is 0.413. The van der Waals surface area contributed by atoms with Gasteiger partial charge in [-0.25, -0.2) is 29.9 Å². The van der Waals surface area contributed by atoms with E-state index in [4.69, 9.17) is 98.7 Å². The second-order valence-corrected chi connectivity index (χ2v) is 39.8. The molecule has 18 heterocycles. The lowest BCUT2D eigenvalue weighted by atomic mass is 9.84. The summed E-state index contributed by atoms with van der Waals surface area (Å²) in [4.78, 5) is 29.2. The van der Waals surface area contributed by atoms with Crippen molar-refractivity contribution in [1.29, 1.82) is 0 Å². The number of nitrogens with two attached hydrogens (primary N) is 12. The fourth-order valence-electron chi connectivity index (χ4n) is 20.2. The van der Waals surface area contributed by atoms with Gasteiger partial charge in [-0.05, 0) is 163 Å². The number of anilines is 6. The summed E-state index contributed by atoms with van der Waals surface area (Å²) in [7, 11) is 11.3. The van der Waals surface area contributed by atoms with E-state index >= 15 is 0 Å². The van der Waals surface area contributed by atoms with Crippen molar-refractivity contribution in [3.8, 4) is 66.8 Å². The Balaban J connectivity index is 0.000000105.